The molecule has 0 aromatic carbocycles. The Bertz CT molecular complexity index is 370. The van der Waals surface area contributed by atoms with E-state index in [1.807, 2.05) is 0 Å². The van der Waals surface area contributed by atoms with E-state index >= 15 is 0 Å². The molecule has 2 heterocycles. The van der Waals surface area contributed by atoms with E-state index in [1.165, 1.54) is 0 Å². The summed E-state index contributed by atoms with van der Waals surface area (Å²) < 4.78 is 0. The first-order valence-electron chi connectivity index (χ1n) is 6.13. The van der Waals surface area contributed by atoms with Gasteiger partial charge in [-0.25, -0.2) is 0 Å². The molecule has 1 aliphatic rings. The molecule has 17 heavy (non-hydrogen) atoms. The summed E-state index contributed by atoms with van der Waals surface area (Å²) in [6, 6.07) is 4.07. The summed E-state index contributed by atoms with van der Waals surface area (Å²) >= 11 is 0. The van der Waals surface area contributed by atoms with Gasteiger partial charge in [0, 0.05) is 24.5 Å². The van der Waals surface area contributed by atoms with Crippen LogP contribution in [0.5, 0.6) is 0 Å². The maximum Gasteiger partial charge on any atom is 0.253 e. The lowest BCUT2D eigenvalue weighted by atomic mass is 9.89. The van der Waals surface area contributed by atoms with E-state index in [0.29, 0.717) is 17.5 Å². The van der Waals surface area contributed by atoms with E-state index in [4.69, 9.17) is 0 Å². The van der Waals surface area contributed by atoms with Gasteiger partial charge in [-0.05, 0) is 37.9 Å². The molecule has 1 amide bonds. The first-order chi connectivity index (χ1) is 8.18. The highest BCUT2D eigenvalue weighted by atomic mass is 16.1. The summed E-state index contributed by atoms with van der Waals surface area (Å²) in [5, 5.41) is 6.48. The number of rotatable bonds is 2. The van der Waals surface area contributed by atoms with Crippen LogP contribution < -0.4 is 10.6 Å². The van der Waals surface area contributed by atoms with Gasteiger partial charge in [0.25, 0.3) is 5.91 Å². The molecule has 3 atom stereocenters. The van der Waals surface area contributed by atoms with Gasteiger partial charge in [-0.2, -0.15) is 0 Å². The third-order valence-electron chi connectivity index (χ3n) is 3.44. The normalized spacial score (nSPS) is 28.7. The molecule has 4 heteroatoms. The van der Waals surface area contributed by atoms with Gasteiger partial charge in [-0.1, -0.05) is 6.92 Å². The fourth-order valence-corrected chi connectivity index (χ4v) is 2.34. The van der Waals surface area contributed by atoms with Crippen molar-refractivity contribution in [1.82, 2.24) is 15.6 Å². The Morgan fingerprint density at radius 2 is 2.35 bits per heavy atom. The van der Waals surface area contributed by atoms with E-state index in [2.05, 4.69) is 29.5 Å². The summed E-state index contributed by atoms with van der Waals surface area (Å²) in [5.41, 5.74) is 0.623. The SMILES string of the molecule is CC1CCNC(C)C1NC(=O)c1cccnc1. The Kier molecular flexibility index (Phi) is 3.74. The summed E-state index contributed by atoms with van der Waals surface area (Å²) in [7, 11) is 0. The molecule has 1 aliphatic heterocycles. The molecule has 1 aromatic heterocycles. The minimum atomic E-state index is -0.0366. The quantitative estimate of drug-likeness (QED) is 0.807. The smallest absolute Gasteiger partial charge is 0.253 e. The van der Waals surface area contributed by atoms with Crippen LogP contribution in [0.25, 0.3) is 0 Å². The van der Waals surface area contributed by atoms with Crippen molar-refractivity contribution in [2.75, 3.05) is 6.54 Å². The standard InChI is InChI=1S/C13H19N3O/c1-9-5-7-15-10(2)12(9)16-13(17)11-4-3-6-14-8-11/h3-4,6,8-10,12,15H,5,7H2,1-2H3,(H,16,17). The summed E-state index contributed by atoms with van der Waals surface area (Å²) in [4.78, 5) is 16.0. The molecule has 3 unspecified atom stereocenters. The van der Waals surface area contributed by atoms with Gasteiger partial charge in [0.05, 0.1) is 5.56 Å². The molecule has 4 nitrogen and oxygen atoms in total. The number of nitrogens with one attached hydrogen (secondary N) is 2. The van der Waals surface area contributed by atoms with Crippen molar-refractivity contribution in [2.45, 2.75) is 32.4 Å². The monoisotopic (exact) mass is 233 g/mol. The third-order valence-corrected chi connectivity index (χ3v) is 3.44. The van der Waals surface area contributed by atoms with Crippen molar-refractivity contribution >= 4 is 5.91 Å². The van der Waals surface area contributed by atoms with Gasteiger partial charge in [0.2, 0.25) is 0 Å². The first kappa shape index (κ1) is 12.0. The van der Waals surface area contributed by atoms with Crippen LogP contribution in [-0.2, 0) is 0 Å². The molecule has 0 aliphatic carbocycles. The lowest BCUT2D eigenvalue weighted by molar-refractivity contribution is 0.0897. The molecule has 0 saturated carbocycles. The molecule has 1 fully saturated rings. The van der Waals surface area contributed by atoms with E-state index < -0.39 is 0 Å². The highest BCUT2D eigenvalue weighted by Gasteiger charge is 2.28. The van der Waals surface area contributed by atoms with Crippen molar-refractivity contribution in [2.24, 2.45) is 5.92 Å². The van der Waals surface area contributed by atoms with Crippen LogP contribution in [0.4, 0.5) is 0 Å². The van der Waals surface area contributed by atoms with E-state index in [1.54, 1.807) is 24.5 Å². The predicted octanol–water partition coefficient (Wildman–Crippen LogP) is 1.20. The molecule has 1 aromatic rings. The van der Waals surface area contributed by atoms with Gasteiger partial charge >= 0.3 is 0 Å². The van der Waals surface area contributed by atoms with Crippen LogP contribution >= 0.6 is 0 Å². The Hall–Kier alpha value is -1.42. The van der Waals surface area contributed by atoms with Crippen molar-refractivity contribution in [3.05, 3.63) is 30.1 Å². The van der Waals surface area contributed by atoms with Gasteiger partial charge < -0.3 is 10.6 Å². The van der Waals surface area contributed by atoms with Crippen molar-refractivity contribution in [3.63, 3.8) is 0 Å². The largest absolute Gasteiger partial charge is 0.347 e. The molecular formula is C13H19N3O. The molecule has 0 bridgehead atoms. The number of piperidine rings is 1. The maximum absolute atomic E-state index is 12.0. The van der Waals surface area contributed by atoms with Crippen molar-refractivity contribution < 1.29 is 4.79 Å². The highest BCUT2D eigenvalue weighted by Crippen LogP contribution is 2.16. The summed E-state index contributed by atoms with van der Waals surface area (Å²) in [6.07, 6.45) is 4.37. The highest BCUT2D eigenvalue weighted by molar-refractivity contribution is 5.94. The van der Waals surface area contributed by atoms with E-state index in [-0.39, 0.29) is 11.9 Å². The van der Waals surface area contributed by atoms with Crippen LogP contribution in [0.3, 0.4) is 0 Å². The number of pyridine rings is 1. The average molecular weight is 233 g/mol. The van der Waals surface area contributed by atoms with Crippen LogP contribution in [0.1, 0.15) is 30.6 Å². The Morgan fingerprint density at radius 3 is 3.00 bits per heavy atom. The fourth-order valence-electron chi connectivity index (χ4n) is 2.34. The zero-order chi connectivity index (χ0) is 12.3. The number of nitrogens with zero attached hydrogens (tertiary/aromatic N) is 1. The number of carbonyl (C=O) groups is 1. The van der Waals surface area contributed by atoms with Crippen LogP contribution in [-0.4, -0.2) is 29.5 Å². The van der Waals surface area contributed by atoms with Gasteiger partial charge in [-0.3, -0.25) is 9.78 Å². The molecule has 0 spiro atoms. The van der Waals surface area contributed by atoms with E-state index in [0.717, 1.165) is 13.0 Å². The number of aromatic nitrogens is 1. The summed E-state index contributed by atoms with van der Waals surface area (Å²) in [5.74, 6) is 0.470. The number of carbonyl (C=O) groups excluding carboxylic acids is 1. The first-order valence-corrected chi connectivity index (χ1v) is 6.13. The molecule has 92 valence electrons. The molecule has 0 radical (unpaired) electrons. The minimum absolute atomic E-state index is 0.0366. The van der Waals surface area contributed by atoms with Gasteiger partial charge in [0.1, 0.15) is 0 Å². The average Bonchev–Trinajstić information content (AvgIpc) is 2.35. The zero-order valence-corrected chi connectivity index (χ0v) is 10.3. The maximum atomic E-state index is 12.0. The third kappa shape index (κ3) is 2.82. The van der Waals surface area contributed by atoms with Gasteiger partial charge in [0.15, 0.2) is 0 Å². The second-order valence-corrected chi connectivity index (χ2v) is 4.75. The lowest BCUT2D eigenvalue weighted by Gasteiger charge is -2.35. The fraction of sp³-hybridized carbons (Fsp3) is 0.538. The van der Waals surface area contributed by atoms with Crippen molar-refractivity contribution in [3.8, 4) is 0 Å². The molecule has 1 saturated heterocycles. The molecule has 2 N–H and O–H groups in total. The Balaban J connectivity index is 2.03. The van der Waals surface area contributed by atoms with Crippen molar-refractivity contribution in [1.29, 1.82) is 0 Å². The van der Waals surface area contributed by atoms with Crippen LogP contribution in [0, 0.1) is 5.92 Å². The topological polar surface area (TPSA) is 54.0 Å². The number of hydrogen-bond donors (Lipinski definition) is 2. The van der Waals surface area contributed by atoms with Crippen LogP contribution in [0.15, 0.2) is 24.5 Å². The lowest BCUT2D eigenvalue weighted by Crippen LogP contribution is -2.55. The molecule has 2 rings (SSSR count). The zero-order valence-electron chi connectivity index (χ0n) is 10.3. The minimum Gasteiger partial charge on any atom is -0.347 e. The number of hydrogen-bond acceptors (Lipinski definition) is 3. The second kappa shape index (κ2) is 5.27. The van der Waals surface area contributed by atoms with Crippen LogP contribution in [0.2, 0.25) is 0 Å². The number of amides is 1. The second-order valence-electron chi connectivity index (χ2n) is 4.75. The Morgan fingerprint density at radius 1 is 1.53 bits per heavy atom. The van der Waals surface area contributed by atoms with Gasteiger partial charge in [-0.15, -0.1) is 0 Å². The summed E-state index contributed by atoms with van der Waals surface area (Å²) in [6.45, 7) is 5.33. The predicted molar refractivity (Wildman–Crippen MR) is 66.7 cm³/mol. The Labute approximate surface area is 102 Å². The molecular weight excluding hydrogens is 214 g/mol. The van der Waals surface area contributed by atoms with E-state index in [9.17, 15) is 4.79 Å².